The van der Waals surface area contributed by atoms with Gasteiger partial charge in [-0.05, 0) is 87.5 Å². The van der Waals surface area contributed by atoms with Crippen molar-refractivity contribution in [3.8, 4) is 0 Å². The Labute approximate surface area is 145 Å². The van der Waals surface area contributed by atoms with E-state index < -0.39 is 6.08 Å². The molecule has 2 saturated carbocycles. The maximum absolute atomic E-state index is 12.4. The van der Waals surface area contributed by atoms with Crippen LogP contribution in [0.15, 0.2) is 12.2 Å². The Kier molecular flexibility index (Phi) is 7.08. The molecule has 0 bridgehead atoms. The fourth-order valence-electron chi connectivity index (χ4n) is 4.98. The van der Waals surface area contributed by atoms with Gasteiger partial charge in [0.05, 0.1) is 13.2 Å². The number of ether oxygens (including phenoxy) is 2. The van der Waals surface area contributed by atoms with E-state index >= 15 is 0 Å². The van der Waals surface area contributed by atoms with E-state index in [2.05, 4.69) is 0 Å². The van der Waals surface area contributed by atoms with Gasteiger partial charge in [0, 0.05) is 0 Å². The van der Waals surface area contributed by atoms with Gasteiger partial charge in [-0.3, -0.25) is 0 Å². The van der Waals surface area contributed by atoms with Gasteiger partial charge in [0.2, 0.25) is 0 Å². The second kappa shape index (κ2) is 9.28. The van der Waals surface area contributed by atoms with Crippen molar-refractivity contribution in [3.05, 3.63) is 12.2 Å². The second-order valence-electron chi connectivity index (χ2n) is 8.01. The van der Waals surface area contributed by atoms with Gasteiger partial charge in [0.15, 0.2) is 6.29 Å². The third kappa shape index (κ3) is 5.52. The van der Waals surface area contributed by atoms with Crippen LogP contribution >= 0.6 is 0 Å². The molecule has 1 saturated heterocycles. The summed E-state index contributed by atoms with van der Waals surface area (Å²) in [4.78, 5) is 0. The molecule has 0 N–H and O–H groups in total. The summed E-state index contributed by atoms with van der Waals surface area (Å²) in [5, 5.41) is 0. The van der Waals surface area contributed by atoms with Crippen LogP contribution in [0.5, 0.6) is 0 Å². The van der Waals surface area contributed by atoms with Gasteiger partial charge < -0.3 is 9.47 Å². The van der Waals surface area contributed by atoms with Crippen LogP contribution in [0.4, 0.5) is 8.78 Å². The molecule has 0 aromatic rings. The van der Waals surface area contributed by atoms with Crippen molar-refractivity contribution in [2.24, 2.45) is 23.7 Å². The Bertz CT molecular complexity index is 386. The van der Waals surface area contributed by atoms with Crippen molar-refractivity contribution < 1.29 is 18.3 Å². The smallest absolute Gasteiger partial charge is 0.266 e. The summed E-state index contributed by atoms with van der Waals surface area (Å²) in [5.74, 6) is 2.57. The topological polar surface area (TPSA) is 18.5 Å². The normalized spacial score (nSPS) is 35.6. The molecule has 0 aromatic heterocycles. The maximum atomic E-state index is 12.4. The Morgan fingerprint density at radius 1 is 0.792 bits per heavy atom. The number of rotatable bonds is 5. The van der Waals surface area contributed by atoms with Gasteiger partial charge >= 0.3 is 0 Å². The van der Waals surface area contributed by atoms with Crippen molar-refractivity contribution in [2.75, 3.05) is 13.2 Å². The molecule has 3 aliphatic rings. The van der Waals surface area contributed by atoms with E-state index in [4.69, 9.17) is 9.47 Å². The summed E-state index contributed by atoms with van der Waals surface area (Å²) < 4.78 is 36.0. The van der Waals surface area contributed by atoms with E-state index in [1.165, 1.54) is 38.2 Å². The predicted octanol–water partition coefficient (Wildman–Crippen LogP) is 5.92. The van der Waals surface area contributed by atoms with Crippen LogP contribution in [-0.2, 0) is 9.47 Å². The molecule has 1 aliphatic heterocycles. The van der Waals surface area contributed by atoms with Crippen molar-refractivity contribution in [1.82, 2.24) is 0 Å². The Morgan fingerprint density at radius 2 is 1.38 bits per heavy atom. The van der Waals surface area contributed by atoms with Crippen LogP contribution in [-0.4, -0.2) is 19.5 Å². The summed E-state index contributed by atoms with van der Waals surface area (Å²) in [5.41, 5.74) is 0. The lowest BCUT2D eigenvalue weighted by Gasteiger charge is -2.37. The van der Waals surface area contributed by atoms with Gasteiger partial charge in [-0.1, -0.05) is 12.8 Å². The zero-order valence-corrected chi connectivity index (χ0v) is 14.7. The van der Waals surface area contributed by atoms with Crippen molar-refractivity contribution >= 4 is 0 Å². The highest BCUT2D eigenvalue weighted by Crippen LogP contribution is 2.42. The average molecular weight is 342 g/mol. The first-order valence-corrected chi connectivity index (χ1v) is 9.96. The predicted molar refractivity (Wildman–Crippen MR) is 90.7 cm³/mol. The highest BCUT2D eigenvalue weighted by molar-refractivity contribution is 4.92. The largest absolute Gasteiger partial charge is 0.353 e. The zero-order valence-electron chi connectivity index (χ0n) is 14.7. The molecule has 4 heteroatoms. The lowest BCUT2D eigenvalue weighted by atomic mass is 9.69. The standard InChI is InChI=1S/C20H32F2O2/c21-19(22)14-16-4-9-18(10-5-16)17-7-2-15(3-8-17)6-11-20-23-12-1-13-24-20/h14-18,20H,1-13H2. The summed E-state index contributed by atoms with van der Waals surface area (Å²) in [6, 6.07) is 0. The van der Waals surface area contributed by atoms with Crippen molar-refractivity contribution in [2.45, 2.75) is 76.9 Å². The third-order valence-electron chi connectivity index (χ3n) is 6.44. The van der Waals surface area contributed by atoms with E-state index in [0.29, 0.717) is 0 Å². The molecule has 0 amide bonds. The molecular formula is C20H32F2O2. The highest BCUT2D eigenvalue weighted by atomic mass is 19.3. The van der Waals surface area contributed by atoms with Crippen LogP contribution in [0.3, 0.4) is 0 Å². The zero-order chi connectivity index (χ0) is 16.8. The minimum atomic E-state index is -1.50. The number of hydrogen-bond donors (Lipinski definition) is 0. The van der Waals surface area contributed by atoms with E-state index in [9.17, 15) is 8.78 Å². The monoisotopic (exact) mass is 342 g/mol. The van der Waals surface area contributed by atoms with Crippen LogP contribution in [0.2, 0.25) is 0 Å². The molecule has 3 fully saturated rings. The number of hydrogen-bond acceptors (Lipinski definition) is 2. The lowest BCUT2D eigenvalue weighted by Crippen LogP contribution is -2.27. The highest BCUT2D eigenvalue weighted by Gasteiger charge is 2.31. The average Bonchev–Trinajstić information content (AvgIpc) is 2.62. The van der Waals surface area contributed by atoms with E-state index in [1.807, 2.05) is 0 Å². The molecule has 24 heavy (non-hydrogen) atoms. The van der Waals surface area contributed by atoms with Gasteiger partial charge in [0.1, 0.15) is 0 Å². The van der Waals surface area contributed by atoms with Gasteiger partial charge in [-0.25, -0.2) is 0 Å². The Hall–Kier alpha value is -0.480. The molecule has 0 spiro atoms. The Morgan fingerprint density at radius 3 is 1.96 bits per heavy atom. The second-order valence-corrected chi connectivity index (χ2v) is 8.01. The molecule has 3 rings (SSSR count). The summed E-state index contributed by atoms with van der Waals surface area (Å²) in [6.07, 6.45) is 12.6. The molecular weight excluding hydrogens is 310 g/mol. The van der Waals surface area contributed by atoms with Crippen molar-refractivity contribution in [1.29, 1.82) is 0 Å². The molecule has 0 unspecified atom stereocenters. The first-order valence-electron chi connectivity index (χ1n) is 9.96. The lowest BCUT2D eigenvalue weighted by molar-refractivity contribution is -0.183. The molecule has 0 radical (unpaired) electrons. The molecule has 1 heterocycles. The van der Waals surface area contributed by atoms with Crippen LogP contribution < -0.4 is 0 Å². The number of allylic oxidation sites excluding steroid dienone is 1. The summed E-state index contributed by atoms with van der Waals surface area (Å²) in [7, 11) is 0. The van der Waals surface area contributed by atoms with Gasteiger partial charge in [-0.15, -0.1) is 0 Å². The SMILES string of the molecule is FC(F)=CC1CCC(C2CCC(CCC3OCCCO3)CC2)CC1. The molecule has 0 atom stereocenters. The first kappa shape index (κ1) is 18.3. The molecule has 2 aliphatic carbocycles. The van der Waals surface area contributed by atoms with Crippen LogP contribution in [0.1, 0.15) is 70.6 Å². The fourth-order valence-corrected chi connectivity index (χ4v) is 4.98. The van der Waals surface area contributed by atoms with Crippen LogP contribution in [0, 0.1) is 23.7 Å². The van der Waals surface area contributed by atoms with Gasteiger partial charge in [0.25, 0.3) is 6.08 Å². The fraction of sp³-hybridized carbons (Fsp3) is 0.900. The summed E-state index contributed by atoms with van der Waals surface area (Å²) >= 11 is 0. The van der Waals surface area contributed by atoms with E-state index in [0.717, 1.165) is 69.5 Å². The first-order chi connectivity index (χ1) is 11.7. The molecule has 2 nitrogen and oxygen atoms in total. The minimum absolute atomic E-state index is 0.0377. The number of halogens is 2. The minimum Gasteiger partial charge on any atom is -0.353 e. The van der Waals surface area contributed by atoms with E-state index in [-0.39, 0.29) is 12.2 Å². The van der Waals surface area contributed by atoms with Crippen LogP contribution in [0.25, 0.3) is 0 Å². The quantitative estimate of drug-likeness (QED) is 0.617. The summed E-state index contributed by atoms with van der Waals surface area (Å²) in [6.45, 7) is 1.70. The van der Waals surface area contributed by atoms with Crippen molar-refractivity contribution in [3.63, 3.8) is 0 Å². The third-order valence-corrected chi connectivity index (χ3v) is 6.44. The molecule has 138 valence electrons. The maximum Gasteiger partial charge on any atom is 0.266 e. The van der Waals surface area contributed by atoms with E-state index in [1.54, 1.807) is 0 Å². The molecule has 0 aromatic carbocycles. The Balaban J connectivity index is 1.33. The van der Waals surface area contributed by atoms with Gasteiger partial charge in [-0.2, -0.15) is 8.78 Å².